The number of nitriles is 1. The van der Waals surface area contributed by atoms with Crippen molar-refractivity contribution in [3.8, 4) is 6.07 Å². The Morgan fingerprint density at radius 3 is 2.69 bits per heavy atom. The Balaban J connectivity index is 2.22. The number of nitrogens with two attached hydrogens (primary N) is 1. The van der Waals surface area contributed by atoms with Gasteiger partial charge in [-0.25, -0.2) is 8.42 Å². The molecule has 0 radical (unpaired) electrons. The van der Waals surface area contributed by atoms with Gasteiger partial charge < -0.3 is 10.7 Å². The molecule has 0 saturated carbocycles. The largest absolute Gasteiger partial charge is 0.368 e. The Kier molecular flexibility index (Phi) is 4.59. The Hall–Kier alpha value is -3.02. The molecular formula is C17H13ClN4O3S. The first-order chi connectivity index (χ1) is 12.3. The van der Waals surface area contributed by atoms with Gasteiger partial charge in [-0.1, -0.05) is 29.8 Å². The fourth-order valence-electron chi connectivity index (χ4n) is 2.61. The maximum absolute atomic E-state index is 13.1. The molecule has 3 aromatic rings. The molecule has 0 atom stereocenters. The Bertz CT molecular complexity index is 1150. The number of aromatic amines is 1. The molecule has 26 heavy (non-hydrogen) atoms. The van der Waals surface area contributed by atoms with Gasteiger partial charge in [-0.2, -0.15) is 5.26 Å². The summed E-state index contributed by atoms with van der Waals surface area (Å²) in [5, 5.41) is 10.1. The van der Waals surface area contributed by atoms with Crippen LogP contribution in [0, 0.1) is 11.3 Å². The molecule has 0 unspecified atom stereocenters. The first-order valence-corrected chi connectivity index (χ1v) is 9.23. The fourth-order valence-corrected chi connectivity index (χ4v) is 4.31. The molecule has 132 valence electrons. The number of hydrogen-bond acceptors (Lipinski definition) is 4. The number of para-hydroxylation sites is 1. The lowest BCUT2D eigenvalue weighted by molar-refractivity contribution is -0.116. The van der Waals surface area contributed by atoms with Gasteiger partial charge in [-0.3, -0.25) is 9.10 Å². The Labute approximate surface area is 154 Å². The van der Waals surface area contributed by atoms with Gasteiger partial charge in [0.05, 0.1) is 32.8 Å². The van der Waals surface area contributed by atoms with Gasteiger partial charge in [0.1, 0.15) is 6.54 Å². The summed E-state index contributed by atoms with van der Waals surface area (Å²) >= 11 is 6.10. The molecule has 0 aliphatic rings. The van der Waals surface area contributed by atoms with Crippen molar-refractivity contribution in [3.63, 3.8) is 0 Å². The zero-order chi connectivity index (χ0) is 18.9. The highest BCUT2D eigenvalue weighted by atomic mass is 35.5. The van der Waals surface area contributed by atoms with E-state index in [2.05, 4.69) is 4.98 Å². The molecule has 0 spiro atoms. The van der Waals surface area contributed by atoms with Crippen LogP contribution >= 0.6 is 11.6 Å². The number of halogens is 1. The number of nitrogens with one attached hydrogen (secondary N) is 1. The fraction of sp³-hybridized carbons (Fsp3) is 0.0588. The third-order valence-electron chi connectivity index (χ3n) is 3.76. The minimum Gasteiger partial charge on any atom is -0.368 e. The van der Waals surface area contributed by atoms with E-state index in [1.165, 1.54) is 30.5 Å². The number of H-pyrrole nitrogens is 1. The molecule has 0 fully saturated rings. The van der Waals surface area contributed by atoms with Crippen LogP contribution in [0.2, 0.25) is 5.02 Å². The van der Waals surface area contributed by atoms with Gasteiger partial charge in [-0.05, 0) is 24.3 Å². The number of fused-ring (bicyclic) bond motifs is 1. The number of nitrogens with zero attached hydrogens (tertiary/aromatic N) is 2. The van der Waals surface area contributed by atoms with Crippen LogP contribution in [0.4, 0.5) is 5.69 Å². The zero-order valence-electron chi connectivity index (χ0n) is 13.3. The molecule has 0 saturated heterocycles. The summed E-state index contributed by atoms with van der Waals surface area (Å²) in [7, 11) is -4.15. The van der Waals surface area contributed by atoms with E-state index >= 15 is 0 Å². The molecule has 0 bridgehead atoms. The molecule has 9 heteroatoms. The SMILES string of the molecule is N#Cc1cccc(S(=O)(=O)N(CC(N)=O)c2cccc3c(Cl)c[nH]c23)c1. The number of sulfonamides is 1. The van der Waals surface area contributed by atoms with Crippen LogP contribution in [0.1, 0.15) is 5.56 Å². The quantitative estimate of drug-likeness (QED) is 0.696. The molecule has 3 rings (SSSR count). The highest BCUT2D eigenvalue weighted by Gasteiger charge is 2.28. The van der Waals surface area contributed by atoms with Crippen LogP contribution in [-0.4, -0.2) is 25.9 Å². The Morgan fingerprint density at radius 2 is 2.00 bits per heavy atom. The third kappa shape index (κ3) is 3.10. The minimum atomic E-state index is -4.15. The first-order valence-electron chi connectivity index (χ1n) is 7.41. The molecular weight excluding hydrogens is 376 g/mol. The van der Waals surface area contributed by atoms with E-state index < -0.39 is 22.5 Å². The van der Waals surface area contributed by atoms with Gasteiger partial charge in [0.2, 0.25) is 5.91 Å². The third-order valence-corrected chi connectivity index (χ3v) is 5.83. The van der Waals surface area contributed by atoms with Crippen LogP contribution in [0.3, 0.4) is 0 Å². The van der Waals surface area contributed by atoms with Crippen molar-refractivity contribution in [1.82, 2.24) is 4.98 Å². The van der Waals surface area contributed by atoms with E-state index in [0.29, 0.717) is 15.9 Å². The number of carbonyl (C=O) groups is 1. The van der Waals surface area contributed by atoms with Crippen LogP contribution in [0.5, 0.6) is 0 Å². The molecule has 0 aliphatic carbocycles. The van der Waals surface area contributed by atoms with Crippen molar-refractivity contribution in [2.45, 2.75) is 4.90 Å². The van der Waals surface area contributed by atoms with Crippen molar-refractivity contribution >= 4 is 44.1 Å². The number of amides is 1. The van der Waals surface area contributed by atoms with Gasteiger partial charge in [0.25, 0.3) is 10.0 Å². The maximum atomic E-state index is 13.1. The summed E-state index contributed by atoms with van der Waals surface area (Å²) in [6, 6.07) is 12.3. The lowest BCUT2D eigenvalue weighted by Crippen LogP contribution is -2.38. The smallest absolute Gasteiger partial charge is 0.264 e. The second-order valence-electron chi connectivity index (χ2n) is 5.45. The summed E-state index contributed by atoms with van der Waals surface area (Å²) in [6.45, 7) is -0.561. The molecule has 0 aliphatic heterocycles. The van der Waals surface area contributed by atoms with E-state index in [1.54, 1.807) is 18.2 Å². The summed E-state index contributed by atoms with van der Waals surface area (Å²) in [5.74, 6) is -0.820. The number of aromatic nitrogens is 1. The normalized spacial score (nSPS) is 11.2. The van der Waals surface area contributed by atoms with E-state index in [0.717, 1.165) is 4.31 Å². The summed E-state index contributed by atoms with van der Waals surface area (Å²) < 4.78 is 27.2. The second-order valence-corrected chi connectivity index (χ2v) is 7.72. The number of primary amides is 1. The van der Waals surface area contributed by atoms with E-state index in [-0.39, 0.29) is 16.1 Å². The van der Waals surface area contributed by atoms with Crippen LogP contribution in [0.25, 0.3) is 10.9 Å². The number of carbonyl (C=O) groups excluding carboxylic acids is 1. The standard InChI is InChI=1S/C17H13ClN4O3S/c18-14-9-21-17-13(14)5-2-6-15(17)22(10-16(20)23)26(24,25)12-4-1-3-11(7-12)8-19/h1-7,9,21H,10H2,(H2,20,23). The summed E-state index contributed by atoms with van der Waals surface area (Å²) in [6.07, 6.45) is 1.53. The average Bonchev–Trinajstić information content (AvgIpc) is 3.01. The molecule has 1 heterocycles. The van der Waals surface area contributed by atoms with E-state index in [9.17, 15) is 13.2 Å². The van der Waals surface area contributed by atoms with Crippen molar-refractivity contribution < 1.29 is 13.2 Å². The monoisotopic (exact) mass is 388 g/mol. The number of hydrogen-bond donors (Lipinski definition) is 2. The van der Waals surface area contributed by atoms with Gasteiger partial charge >= 0.3 is 0 Å². The molecule has 1 amide bonds. The minimum absolute atomic E-state index is 0.118. The van der Waals surface area contributed by atoms with E-state index in [1.807, 2.05) is 6.07 Å². The van der Waals surface area contributed by atoms with Gasteiger partial charge in [0, 0.05) is 11.6 Å². The van der Waals surface area contributed by atoms with Crippen LogP contribution < -0.4 is 10.0 Å². The topological polar surface area (TPSA) is 120 Å². The van der Waals surface area contributed by atoms with Crippen LogP contribution in [-0.2, 0) is 14.8 Å². The first kappa shape index (κ1) is 17.8. The average molecular weight is 389 g/mol. The van der Waals surface area contributed by atoms with Crippen molar-refractivity contribution in [2.75, 3.05) is 10.8 Å². The predicted molar refractivity (Wildman–Crippen MR) is 98.2 cm³/mol. The maximum Gasteiger partial charge on any atom is 0.264 e. The van der Waals surface area contributed by atoms with E-state index in [4.69, 9.17) is 22.6 Å². The molecule has 2 aromatic carbocycles. The van der Waals surface area contributed by atoms with Crippen molar-refractivity contribution in [2.24, 2.45) is 5.73 Å². The van der Waals surface area contributed by atoms with Gasteiger partial charge in [-0.15, -0.1) is 0 Å². The summed E-state index contributed by atoms with van der Waals surface area (Å²) in [4.78, 5) is 14.3. The summed E-state index contributed by atoms with van der Waals surface area (Å²) in [5.41, 5.74) is 6.15. The van der Waals surface area contributed by atoms with Crippen molar-refractivity contribution in [3.05, 3.63) is 59.2 Å². The number of rotatable bonds is 5. The second kappa shape index (κ2) is 6.71. The highest BCUT2D eigenvalue weighted by molar-refractivity contribution is 7.92. The Morgan fingerprint density at radius 1 is 1.27 bits per heavy atom. The van der Waals surface area contributed by atoms with Crippen molar-refractivity contribution in [1.29, 1.82) is 5.26 Å². The molecule has 1 aromatic heterocycles. The number of benzene rings is 2. The number of anilines is 1. The predicted octanol–water partition coefficient (Wildman–Crippen LogP) is 2.37. The van der Waals surface area contributed by atoms with Crippen LogP contribution in [0.15, 0.2) is 53.6 Å². The zero-order valence-corrected chi connectivity index (χ0v) is 14.9. The lowest BCUT2D eigenvalue weighted by atomic mass is 10.2. The lowest BCUT2D eigenvalue weighted by Gasteiger charge is -2.24. The molecule has 3 N–H and O–H groups in total. The highest BCUT2D eigenvalue weighted by Crippen LogP contribution is 2.33. The molecule has 7 nitrogen and oxygen atoms in total. The van der Waals surface area contributed by atoms with Gasteiger partial charge in [0.15, 0.2) is 0 Å².